The van der Waals surface area contributed by atoms with Crippen molar-refractivity contribution in [1.29, 1.82) is 0 Å². The Balaban J connectivity index is 2.93. The summed E-state index contributed by atoms with van der Waals surface area (Å²) in [5, 5.41) is 10.0. The highest BCUT2D eigenvalue weighted by Crippen LogP contribution is 2.13. The lowest BCUT2D eigenvalue weighted by atomic mass is 10.3. The number of amides is 1. The number of carbonyl (C=O) groups excluding carboxylic acids is 1. The van der Waals surface area contributed by atoms with E-state index in [-0.39, 0.29) is 17.1 Å². The van der Waals surface area contributed by atoms with E-state index in [0.717, 1.165) is 0 Å². The molecule has 0 saturated carbocycles. The lowest BCUT2D eigenvalue weighted by Crippen LogP contribution is -2.49. The van der Waals surface area contributed by atoms with Crippen LogP contribution < -0.4 is 10.6 Å². The maximum Gasteiger partial charge on any atom is 0.456 e. The highest BCUT2D eigenvalue weighted by atomic mass is 32.2. The van der Waals surface area contributed by atoms with Gasteiger partial charge in [-0.05, 0) is 39.0 Å². The summed E-state index contributed by atoms with van der Waals surface area (Å²) >= 11 is 0. The summed E-state index contributed by atoms with van der Waals surface area (Å²) in [5.41, 5.74) is 5.80. The molecule has 1 unspecified atom stereocenters. The summed E-state index contributed by atoms with van der Waals surface area (Å²) < 4.78 is 24.6. The minimum absolute atomic E-state index is 0.134. The number of nitrogens with one attached hydrogen (secondary N) is 1. The average molecular weight is 347 g/mol. The number of carbonyl (C=O) groups is 1. The van der Waals surface area contributed by atoms with Crippen LogP contribution in [0, 0.1) is 0 Å². The van der Waals surface area contributed by atoms with Crippen molar-refractivity contribution in [2.75, 3.05) is 12.3 Å². The second-order valence-corrected chi connectivity index (χ2v) is 6.78. The summed E-state index contributed by atoms with van der Waals surface area (Å²) in [7, 11) is -4.08. The molecule has 0 bridgehead atoms. The third kappa shape index (κ3) is 6.40. The van der Waals surface area contributed by atoms with Gasteiger partial charge in [0.1, 0.15) is 0 Å². The molecular weight excluding hydrogens is 326 g/mol. The second-order valence-electron chi connectivity index (χ2n) is 5.12. The summed E-state index contributed by atoms with van der Waals surface area (Å²) in [4.78, 5) is 22.9. The van der Waals surface area contributed by atoms with Crippen molar-refractivity contribution in [2.24, 2.45) is 0 Å². The zero-order chi connectivity index (χ0) is 17.6. The summed E-state index contributed by atoms with van der Waals surface area (Å²) in [6.07, 6.45) is -2.50. The van der Waals surface area contributed by atoms with Crippen LogP contribution in [-0.4, -0.2) is 43.4 Å². The van der Waals surface area contributed by atoms with Gasteiger partial charge in [0.05, 0.1) is 23.6 Å². The molecule has 0 radical (unpaired) electrons. The number of aliphatic hydroxyl groups excluding tert-OH is 1. The van der Waals surface area contributed by atoms with E-state index in [1.165, 1.54) is 31.2 Å². The molecule has 1 aromatic carbocycles. The zero-order valence-corrected chi connectivity index (χ0v) is 13.9. The summed E-state index contributed by atoms with van der Waals surface area (Å²) in [6.45, 7) is 4.31. The third-order valence-electron chi connectivity index (χ3n) is 2.38. The fourth-order valence-corrected chi connectivity index (χ4v) is 2.57. The van der Waals surface area contributed by atoms with Crippen LogP contribution in [-0.2, 0) is 19.8 Å². The van der Waals surface area contributed by atoms with Gasteiger partial charge < -0.3 is 10.8 Å². The van der Waals surface area contributed by atoms with Crippen LogP contribution in [0.1, 0.15) is 20.8 Å². The normalized spacial score (nSPS) is 12.9. The highest BCUT2D eigenvalue weighted by Gasteiger charge is 2.25. The van der Waals surface area contributed by atoms with Gasteiger partial charge in [0, 0.05) is 5.69 Å². The average Bonchev–Trinajstić information content (AvgIpc) is 2.43. The van der Waals surface area contributed by atoms with E-state index in [4.69, 9.17) is 5.73 Å². The molecule has 9 nitrogen and oxygen atoms in total. The predicted octanol–water partition coefficient (Wildman–Crippen LogP) is 0.621. The first-order valence-electron chi connectivity index (χ1n) is 6.82. The van der Waals surface area contributed by atoms with Crippen molar-refractivity contribution in [3.05, 3.63) is 24.3 Å². The molecule has 1 amide bonds. The monoisotopic (exact) mass is 347 g/mol. The number of hydrogen-bond donors (Lipinski definition) is 3. The zero-order valence-electron chi connectivity index (χ0n) is 13.1. The number of anilines is 1. The van der Waals surface area contributed by atoms with Gasteiger partial charge in [-0.2, -0.15) is 4.89 Å². The first kappa shape index (κ1) is 19.2. The molecule has 0 heterocycles. The molecule has 0 aliphatic heterocycles. The van der Waals surface area contributed by atoms with Crippen molar-refractivity contribution in [2.45, 2.75) is 37.9 Å². The van der Waals surface area contributed by atoms with E-state index < -0.39 is 28.3 Å². The molecule has 10 heteroatoms. The first-order chi connectivity index (χ1) is 10.6. The van der Waals surface area contributed by atoms with E-state index in [2.05, 4.69) is 9.78 Å². The Hall–Kier alpha value is -1.88. The van der Waals surface area contributed by atoms with Crippen molar-refractivity contribution < 1.29 is 28.1 Å². The van der Waals surface area contributed by atoms with E-state index >= 15 is 0 Å². The fraction of sp³-hybridized carbons (Fsp3) is 0.462. The minimum Gasteiger partial charge on any atom is -0.399 e. The van der Waals surface area contributed by atoms with Crippen LogP contribution in [0.25, 0.3) is 0 Å². The van der Waals surface area contributed by atoms with E-state index in [1.807, 2.05) is 4.83 Å². The fourth-order valence-electron chi connectivity index (χ4n) is 1.48. The number of nitrogens with two attached hydrogens (primary N) is 1. The van der Waals surface area contributed by atoms with Crippen molar-refractivity contribution in [3.63, 3.8) is 0 Å². The quantitative estimate of drug-likeness (QED) is 0.374. The van der Waals surface area contributed by atoms with Crippen LogP contribution >= 0.6 is 0 Å². The lowest BCUT2D eigenvalue weighted by Gasteiger charge is -2.23. The van der Waals surface area contributed by atoms with Crippen LogP contribution in [0.2, 0.25) is 0 Å². The molecule has 23 heavy (non-hydrogen) atoms. The smallest absolute Gasteiger partial charge is 0.399 e. The standard InChI is InChI=1S/C13H21N3O6S/c1-9(2)21-22-13(18)16(8-10(3)17)15-23(19,20)12-6-4-5-11(14)7-12/h4-7,9-10,15,17H,8,14H2,1-3H3. The molecule has 0 aliphatic carbocycles. The Morgan fingerprint density at radius 1 is 1.39 bits per heavy atom. The van der Waals surface area contributed by atoms with E-state index in [0.29, 0.717) is 5.01 Å². The number of nitrogen functional groups attached to an aromatic ring is 1. The number of hydrazine groups is 1. The van der Waals surface area contributed by atoms with Crippen LogP contribution in [0.4, 0.5) is 10.5 Å². The SMILES string of the molecule is CC(O)CN(NS(=O)(=O)c1cccc(N)c1)C(=O)OOC(C)C. The molecule has 130 valence electrons. The lowest BCUT2D eigenvalue weighted by molar-refractivity contribution is -0.271. The predicted molar refractivity (Wildman–Crippen MR) is 82.3 cm³/mol. The van der Waals surface area contributed by atoms with Gasteiger partial charge in [-0.15, -0.1) is 4.83 Å². The number of hydrogen-bond acceptors (Lipinski definition) is 7. The van der Waals surface area contributed by atoms with Crippen LogP contribution in [0.3, 0.4) is 0 Å². The molecular formula is C13H21N3O6S. The number of aliphatic hydroxyl groups is 1. The van der Waals surface area contributed by atoms with Crippen molar-refractivity contribution in [3.8, 4) is 0 Å². The van der Waals surface area contributed by atoms with Crippen molar-refractivity contribution in [1.82, 2.24) is 9.84 Å². The van der Waals surface area contributed by atoms with Gasteiger partial charge >= 0.3 is 6.09 Å². The van der Waals surface area contributed by atoms with E-state index in [9.17, 15) is 18.3 Å². The number of rotatable bonds is 7. The minimum atomic E-state index is -4.08. The van der Waals surface area contributed by atoms with Gasteiger partial charge in [-0.1, -0.05) is 6.07 Å². The van der Waals surface area contributed by atoms with Gasteiger partial charge in [0.15, 0.2) is 0 Å². The van der Waals surface area contributed by atoms with Crippen LogP contribution in [0.5, 0.6) is 0 Å². The summed E-state index contributed by atoms with van der Waals surface area (Å²) in [5.74, 6) is 0. The molecule has 0 aromatic heterocycles. The molecule has 1 rings (SSSR count). The third-order valence-corrected chi connectivity index (χ3v) is 3.71. The number of nitrogens with zero attached hydrogens (tertiary/aromatic N) is 1. The Morgan fingerprint density at radius 3 is 2.57 bits per heavy atom. The largest absolute Gasteiger partial charge is 0.456 e. The van der Waals surface area contributed by atoms with Gasteiger partial charge in [0.2, 0.25) is 0 Å². The Kier molecular flexibility index (Phi) is 6.76. The highest BCUT2D eigenvalue weighted by molar-refractivity contribution is 7.89. The maximum absolute atomic E-state index is 12.3. The van der Waals surface area contributed by atoms with Gasteiger partial charge in [-0.25, -0.2) is 18.2 Å². The molecule has 4 N–H and O–H groups in total. The molecule has 1 aromatic rings. The van der Waals surface area contributed by atoms with Crippen LogP contribution in [0.15, 0.2) is 29.2 Å². The van der Waals surface area contributed by atoms with Crippen molar-refractivity contribution >= 4 is 21.8 Å². The Bertz CT molecular complexity index is 632. The topological polar surface area (TPSA) is 131 Å². The second kappa shape index (κ2) is 8.11. The number of sulfonamides is 1. The van der Waals surface area contributed by atoms with Gasteiger partial charge in [-0.3, -0.25) is 4.89 Å². The summed E-state index contributed by atoms with van der Waals surface area (Å²) in [6, 6.07) is 5.54. The molecule has 0 spiro atoms. The first-order valence-corrected chi connectivity index (χ1v) is 8.31. The maximum atomic E-state index is 12.3. The Morgan fingerprint density at radius 2 is 2.04 bits per heavy atom. The van der Waals surface area contributed by atoms with Gasteiger partial charge in [0.25, 0.3) is 10.0 Å². The van der Waals surface area contributed by atoms with E-state index in [1.54, 1.807) is 13.8 Å². The molecule has 1 atom stereocenters. The molecule has 0 aliphatic rings. The molecule has 0 saturated heterocycles. The number of benzene rings is 1. The molecule has 0 fully saturated rings. The Labute approximate surface area is 134 Å².